The lowest BCUT2D eigenvalue weighted by molar-refractivity contribution is -0.111. The fourth-order valence-electron chi connectivity index (χ4n) is 2.01. The van der Waals surface area contributed by atoms with Crippen molar-refractivity contribution in [3.8, 4) is 0 Å². The molecule has 0 saturated carbocycles. The lowest BCUT2D eigenvalue weighted by Gasteiger charge is -2.08. The van der Waals surface area contributed by atoms with E-state index in [0.29, 0.717) is 11.3 Å². The first-order valence-electron chi connectivity index (χ1n) is 7.81. The number of benzene rings is 2. The van der Waals surface area contributed by atoms with Crippen molar-refractivity contribution in [1.82, 2.24) is 0 Å². The third-order valence-corrected chi connectivity index (χ3v) is 3.24. The number of carbonyl (C=O) groups excluding carboxylic acids is 2. The average Bonchev–Trinajstić information content (AvgIpc) is 2.54. The van der Waals surface area contributed by atoms with Crippen LogP contribution in [-0.2, 0) is 9.53 Å². The van der Waals surface area contributed by atoms with Gasteiger partial charge in [-0.1, -0.05) is 29.8 Å². The van der Waals surface area contributed by atoms with Crippen LogP contribution in [0.25, 0.3) is 6.08 Å². The lowest BCUT2D eigenvalue weighted by atomic mass is 10.1. The van der Waals surface area contributed by atoms with Gasteiger partial charge in [0.1, 0.15) is 0 Å². The van der Waals surface area contributed by atoms with Crippen LogP contribution in [0.2, 0.25) is 0 Å². The number of anilines is 1. The molecule has 124 valence electrons. The van der Waals surface area contributed by atoms with Gasteiger partial charge >= 0.3 is 5.97 Å². The van der Waals surface area contributed by atoms with E-state index in [2.05, 4.69) is 5.32 Å². The Morgan fingerprint density at radius 2 is 1.62 bits per heavy atom. The van der Waals surface area contributed by atoms with Crippen LogP contribution >= 0.6 is 0 Å². The summed E-state index contributed by atoms with van der Waals surface area (Å²) >= 11 is 0. The van der Waals surface area contributed by atoms with Crippen LogP contribution in [-0.4, -0.2) is 18.0 Å². The largest absolute Gasteiger partial charge is 0.459 e. The fourth-order valence-corrected chi connectivity index (χ4v) is 2.01. The molecular weight excluding hydrogens is 302 g/mol. The van der Waals surface area contributed by atoms with Gasteiger partial charge in [-0.3, -0.25) is 4.79 Å². The van der Waals surface area contributed by atoms with Crippen molar-refractivity contribution in [2.75, 3.05) is 5.32 Å². The van der Waals surface area contributed by atoms with E-state index in [9.17, 15) is 9.59 Å². The number of hydrogen-bond donors (Lipinski definition) is 1. The van der Waals surface area contributed by atoms with Gasteiger partial charge in [-0.2, -0.15) is 0 Å². The smallest absolute Gasteiger partial charge is 0.338 e. The monoisotopic (exact) mass is 323 g/mol. The van der Waals surface area contributed by atoms with E-state index in [0.717, 1.165) is 5.56 Å². The zero-order chi connectivity index (χ0) is 17.5. The minimum Gasteiger partial charge on any atom is -0.459 e. The Morgan fingerprint density at radius 3 is 2.21 bits per heavy atom. The number of ether oxygens (including phenoxy) is 1. The van der Waals surface area contributed by atoms with Crippen LogP contribution < -0.4 is 5.32 Å². The first-order valence-corrected chi connectivity index (χ1v) is 7.81. The van der Waals surface area contributed by atoms with Gasteiger partial charge in [0.15, 0.2) is 0 Å². The first-order chi connectivity index (χ1) is 11.4. The molecule has 0 aromatic heterocycles. The van der Waals surface area contributed by atoms with E-state index >= 15 is 0 Å². The highest BCUT2D eigenvalue weighted by Crippen LogP contribution is 2.12. The molecule has 2 aromatic rings. The molecule has 0 bridgehead atoms. The maximum atomic E-state index is 11.9. The van der Waals surface area contributed by atoms with Crippen molar-refractivity contribution in [2.24, 2.45) is 0 Å². The first kappa shape index (κ1) is 17.5. The van der Waals surface area contributed by atoms with Gasteiger partial charge in [0.2, 0.25) is 5.91 Å². The molecule has 2 rings (SSSR count). The Morgan fingerprint density at radius 1 is 1.00 bits per heavy atom. The summed E-state index contributed by atoms with van der Waals surface area (Å²) in [4.78, 5) is 23.7. The fraction of sp³-hybridized carbons (Fsp3) is 0.200. The number of esters is 1. The Hall–Kier alpha value is -2.88. The number of aryl methyl sites for hydroxylation is 1. The van der Waals surface area contributed by atoms with E-state index < -0.39 is 0 Å². The normalized spacial score (nSPS) is 10.8. The molecule has 0 spiro atoms. The predicted molar refractivity (Wildman–Crippen MR) is 95.8 cm³/mol. The highest BCUT2D eigenvalue weighted by Gasteiger charge is 2.09. The molecular formula is C20H21NO3. The molecule has 4 heteroatoms. The number of amides is 1. The molecule has 0 aliphatic carbocycles. The Kier molecular flexibility index (Phi) is 5.90. The second kappa shape index (κ2) is 8.11. The molecule has 0 atom stereocenters. The van der Waals surface area contributed by atoms with E-state index in [1.807, 2.05) is 31.2 Å². The summed E-state index contributed by atoms with van der Waals surface area (Å²) in [7, 11) is 0. The maximum absolute atomic E-state index is 11.9. The van der Waals surface area contributed by atoms with Gasteiger partial charge in [-0.25, -0.2) is 4.79 Å². The zero-order valence-electron chi connectivity index (χ0n) is 14.1. The standard InChI is InChI=1S/C20H21NO3/c1-14(2)24-20(23)17-9-11-18(12-10-17)21-19(22)13-8-16-6-4-15(3)5-7-16/h4-14H,1-3H3,(H,21,22). The van der Waals surface area contributed by atoms with Crippen LogP contribution in [0.4, 0.5) is 5.69 Å². The van der Waals surface area contributed by atoms with Crippen LogP contribution in [0.15, 0.2) is 54.6 Å². The summed E-state index contributed by atoms with van der Waals surface area (Å²) < 4.78 is 5.12. The van der Waals surface area contributed by atoms with Crippen molar-refractivity contribution < 1.29 is 14.3 Å². The molecule has 1 N–H and O–H groups in total. The Bertz CT molecular complexity index is 728. The van der Waals surface area contributed by atoms with Crippen LogP contribution in [0.5, 0.6) is 0 Å². The molecule has 24 heavy (non-hydrogen) atoms. The molecule has 0 radical (unpaired) electrons. The molecule has 0 aliphatic rings. The highest BCUT2D eigenvalue weighted by molar-refractivity contribution is 6.02. The van der Waals surface area contributed by atoms with Gasteiger partial charge in [0.05, 0.1) is 11.7 Å². The van der Waals surface area contributed by atoms with Crippen LogP contribution in [0.1, 0.15) is 35.3 Å². The summed E-state index contributed by atoms with van der Waals surface area (Å²) in [5, 5.41) is 2.75. The van der Waals surface area contributed by atoms with E-state index in [4.69, 9.17) is 4.74 Å². The second-order valence-corrected chi connectivity index (χ2v) is 5.76. The molecule has 2 aromatic carbocycles. The number of rotatable bonds is 5. The second-order valence-electron chi connectivity index (χ2n) is 5.76. The number of hydrogen-bond acceptors (Lipinski definition) is 3. The zero-order valence-corrected chi connectivity index (χ0v) is 14.1. The third-order valence-electron chi connectivity index (χ3n) is 3.24. The van der Waals surface area contributed by atoms with Gasteiger partial charge in [0, 0.05) is 11.8 Å². The lowest BCUT2D eigenvalue weighted by Crippen LogP contribution is -2.12. The number of nitrogens with one attached hydrogen (secondary N) is 1. The van der Waals surface area contributed by atoms with Gasteiger partial charge < -0.3 is 10.1 Å². The molecule has 0 aliphatic heterocycles. The molecule has 0 unspecified atom stereocenters. The van der Waals surface area contributed by atoms with E-state index in [1.165, 1.54) is 11.6 Å². The maximum Gasteiger partial charge on any atom is 0.338 e. The van der Waals surface area contributed by atoms with Gasteiger partial charge in [-0.15, -0.1) is 0 Å². The molecule has 1 amide bonds. The quantitative estimate of drug-likeness (QED) is 0.662. The van der Waals surface area contributed by atoms with Crippen molar-refractivity contribution in [1.29, 1.82) is 0 Å². The number of carbonyl (C=O) groups is 2. The van der Waals surface area contributed by atoms with Crippen molar-refractivity contribution in [3.63, 3.8) is 0 Å². The summed E-state index contributed by atoms with van der Waals surface area (Å²) in [5.41, 5.74) is 3.21. The summed E-state index contributed by atoms with van der Waals surface area (Å²) in [6.45, 7) is 5.61. The summed E-state index contributed by atoms with van der Waals surface area (Å²) in [6, 6.07) is 14.5. The van der Waals surface area contributed by atoms with E-state index in [1.54, 1.807) is 44.2 Å². The SMILES string of the molecule is Cc1ccc(C=CC(=O)Nc2ccc(C(=O)OC(C)C)cc2)cc1. The highest BCUT2D eigenvalue weighted by atomic mass is 16.5. The van der Waals surface area contributed by atoms with Gasteiger partial charge in [-0.05, 0) is 56.7 Å². The summed E-state index contributed by atoms with van der Waals surface area (Å²) in [5.74, 6) is -0.602. The Balaban J connectivity index is 1.94. The molecule has 0 heterocycles. The minimum absolute atomic E-state index is 0.163. The average molecular weight is 323 g/mol. The van der Waals surface area contributed by atoms with Crippen LogP contribution in [0.3, 0.4) is 0 Å². The molecule has 0 saturated heterocycles. The molecule has 4 nitrogen and oxygen atoms in total. The molecule has 0 fully saturated rings. The van der Waals surface area contributed by atoms with Crippen molar-refractivity contribution in [2.45, 2.75) is 26.9 Å². The third kappa shape index (κ3) is 5.39. The van der Waals surface area contributed by atoms with E-state index in [-0.39, 0.29) is 18.0 Å². The van der Waals surface area contributed by atoms with Crippen molar-refractivity contribution >= 4 is 23.6 Å². The Labute approximate surface area is 142 Å². The van der Waals surface area contributed by atoms with Crippen molar-refractivity contribution in [3.05, 3.63) is 71.3 Å². The minimum atomic E-state index is -0.373. The van der Waals surface area contributed by atoms with Crippen LogP contribution in [0, 0.1) is 6.92 Å². The van der Waals surface area contributed by atoms with Gasteiger partial charge in [0.25, 0.3) is 0 Å². The summed E-state index contributed by atoms with van der Waals surface area (Å²) in [6.07, 6.45) is 3.07. The predicted octanol–water partition coefficient (Wildman–Crippen LogP) is 4.21. The topological polar surface area (TPSA) is 55.4 Å².